The summed E-state index contributed by atoms with van der Waals surface area (Å²) in [5, 5.41) is 0. The maximum absolute atomic E-state index is 14.5. The molecule has 0 saturated heterocycles. The zero-order valence-electron chi connectivity index (χ0n) is 17.6. The van der Waals surface area contributed by atoms with Crippen molar-refractivity contribution in [3.8, 4) is 22.6 Å². The van der Waals surface area contributed by atoms with Gasteiger partial charge in [-0.2, -0.15) is 8.78 Å². The summed E-state index contributed by atoms with van der Waals surface area (Å²) in [5.41, 5.74) is -2.03. The monoisotopic (exact) mass is 528 g/mol. The average molecular weight is 528 g/mol. The number of allylic oxidation sites excluding steroid dienone is 1. The number of hydrogen-bond acceptors (Lipinski definition) is 2. The number of rotatable bonds is 6. The molecular formula is C23H11F11O2. The van der Waals surface area contributed by atoms with E-state index in [0.29, 0.717) is 12.1 Å². The van der Waals surface area contributed by atoms with Gasteiger partial charge in [0.2, 0.25) is 5.75 Å². The van der Waals surface area contributed by atoms with Gasteiger partial charge in [0.15, 0.2) is 34.8 Å². The Morgan fingerprint density at radius 2 is 1.08 bits per heavy atom. The molecule has 0 aliphatic heterocycles. The first-order valence-corrected chi connectivity index (χ1v) is 9.53. The Morgan fingerprint density at radius 1 is 0.639 bits per heavy atom. The molecule has 0 amide bonds. The van der Waals surface area contributed by atoms with Crippen molar-refractivity contribution in [1.29, 1.82) is 0 Å². The fourth-order valence-corrected chi connectivity index (χ4v) is 2.96. The minimum atomic E-state index is -5.53. The first-order valence-electron chi connectivity index (χ1n) is 9.53. The van der Waals surface area contributed by atoms with Crippen LogP contribution >= 0.6 is 0 Å². The highest BCUT2D eigenvalue weighted by Gasteiger charge is 2.40. The number of hydrogen-bond donors (Lipinski definition) is 0. The van der Waals surface area contributed by atoms with Crippen LogP contribution in [0, 0.1) is 23.3 Å². The summed E-state index contributed by atoms with van der Waals surface area (Å²) in [7, 11) is 0. The van der Waals surface area contributed by atoms with Crippen LogP contribution in [0.1, 0.15) is 18.1 Å². The van der Waals surface area contributed by atoms with Crippen LogP contribution in [0.15, 0.2) is 54.4 Å². The van der Waals surface area contributed by atoms with E-state index >= 15 is 0 Å². The Hall–Kier alpha value is -3.77. The van der Waals surface area contributed by atoms with Crippen molar-refractivity contribution < 1.29 is 57.8 Å². The van der Waals surface area contributed by atoms with Crippen molar-refractivity contribution in [3.05, 3.63) is 88.8 Å². The Balaban J connectivity index is 1.91. The molecule has 36 heavy (non-hydrogen) atoms. The maximum Gasteiger partial charge on any atom is 0.573 e. The molecule has 0 radical (unpaired) electrons. The number of ether oxygens (including phenoxy) is 2. The summed E-state index contributed by atoms with van der Waals surface area (Å²) in [6.07, 6.45) is -10.3. The van der Waals surface area contributed by atoms with Gasteiger partial charge >= 0.3 is 12.5 Å². The quantitative estimate of drug-likeness (QED) is 0.299. The maximum atomic E-state index is 14.5. The molecule has 3 aromatic rings. The zero-order valence-corrected chi connectivity index (χ0v) is 17.6. The van der Waals surface area contributed by atoms with Crippen LogP contribution in [0.2, 0.25) is 0 Å². The number of halogens is 11. The SMILES string of the molecule is CC(F)=C(F)c1ccc(-c2cc(F)c(OC(F)(F)c3cc(F)c(OC(F)(F)F)c(F)c3)c(F)c2)cc1. The molecule has 13 heteroatoms. The molecule has 2 nitrogen and oxygen atoms in total. The average Bonchev–Trinajstić information content (AvgIpc) is 2.77. The van der Waals surface area contributed by atoms with Crippen molar-refractivity contribution in [1.82, 2.24) is 0 Å². The number of benzene rings is 3. The topological polar surface area (TPSA) is 18.5 Å². The van der Waals surface area contributed by atoms with Gasteiger partial charge in [0.25, 0.3) is 0 Å². The highest BCUT2D eigenvalue weighted by molar-refractivity contribution is 5.69. The lowest BCUT2D eigenvalue weighted by Gasteiger charge is -2.20. The third-order valence-electron chi connectivity index (χ3n) is 4.55. The second-order valence-corrected chi connectivity index (χ2v) is 7.13. The van der Waals surface area contributed by atoms with Crippen LogP contribution in [-0.2, 0) is 6.11 Å². The largest absolute Gasteiger partial charge is 0.573 e. The summed E-state index contributed by atoms with van der Waals surface area (Å²) in [6.45, 7) is 0.871. The molecule has 0 unspecified atom stereocenters. The van der Waals surface area contributed by atoms with Crippen LogP contribution in [-0.4, -0.2) is 6.36 Å². The molecule has 0 fully saturated rings. The molecule has 0 spiro atoms. The fourth-order valence-electron chi connectivity index (χ4n) is 2.96. The van der Waals surface area contributed by atoms with E-state index < -0.39 is 64.5 Å². The third kappa shape index (κ3) is 5.89. The third-order valence-corrected chi connectivity index (χ3v) is 4.55. The molecule has 0 saturated carbocycles. The Morgan fingerprint density at radius 3 is 1.53 bits per heavy atom. The van der Waals surface area contributed by atoms with E-state index in [1.807, 2.05) is 0 Å². The second kappa shape index (κ2) is 9.70. The van der Waals surface area contributed by atoms with Gasteiger partial charge in [0, 0.05) is 5.56 Å². The first-order chi connectivity index (χ1) is 16.6. The lowest BCUT2D eigenvalue weighted by Crippen LogP contribution is -2.24. The Kier molecular flexibility index (Phi) is 7.23. The molecule has 0 aliphatic rings. The Bertz CT molecular complexity index is 1260. The Labute approximate surface area is 195 Å². The van der Waals surface area contributed by atoms with Gasteiger partial charge in [-0.15, -0.1) is 13.2 Å². The van der Waals surface area contributed by atoms with E-state index in [4.69, 9.17) is 0 Å². The van der Waals surface area contributed by atoms with Crippen molar-refractivity contribution in [2.75, 3.05) is 0 Å². The molecular weight excluding hydrogens is 517 g/mol. The minimum Gasteiger partial charge on any atom is -0.423 e. The standard InChI is InChI=1S/C23H11F11O2/c1-10(24)19(29)12-4-2-11(3-5-12)13-6-15(25)20(16(26)7-13)35-22(30,31)14-8-17(27)21(18(28)9-14)36-23(32,33)34/h2-9H,1H3. The summed E-state index contributed by atoms with van der Waals surface area (Å²) in [6, 6.07) is 5.10. The smallest absolute Gasteiger partial charge is 0.423 e. The van der Waals surface area contributed by atoms with Crippen LogP contribution in [0.5, 0.6) is 11.5 Å². The van der Waals surface area contributed by atoms with E-state index in [-0.39, 0.29) is 28.8 Å². The summed E-state index contributed by atoms with van der Waals surface area (Å²) in [4.78, 5) is 0. The summed E-state index contributed by atoms with van der Waals surface area (Å²) >= 11 is 0. The normalized spacial score (nSPS) is 12.9. The van der Waals surface area contributed by atoms with E-state index in [9.17, 15) is 48.3 Å². The van der Waals surface area contributed by atoms with Crippen molar-refractivity contribution in [3.63, 3.8) is 0 Å². The summed E-state index contributed by atoms with van der Waals surface area (Å²) in [5.74, 6) is -13.7. The molecule has 3 aromatic carbocycles. The van der Waals surface area contributed by atoms with Crippen LogP contribution < -0.4 is 9.47 Å². The van der Waals surface area contributed by atoms with Gasteiger partial charge in [-0.1, -0.05) is 24.3 Å². The lowest BCUT2D eigenvalue weighted by atomic mass is 10.0. The molecule has 0 aromatic heterocycles. The highest BCUT2D eigenvalue weighted by Crippen LogP contribution is 2.39. The van der Waals surface area contributed by atoms with Crippen LogP contribution in [0.25, 0.3) is 17.0 Å². The van der Waals surface area contributed by atoms with Crippen molar-refractivity contribution >= 4 is 5.83 Å². The number of alkyl halides is 5. The van der Waals surface area contributed by atoms with Gasteiger partial charge in [0.05, 0.1) is 5.56 Å². The van der Waals surface area contributed by atoms with Crippen LogP contribution in [0.4, 0.5) is 48.3 Å². The van der Waals surface area contributed by atoms with Gasteiger partial charge < -0.3 is 9.47 Å². The fraction of sp³-hybridized carbons (Fsp3) is 0.130. The van der Waals surface area contributed by atoms with Crippen LogP contribution in [0.3, 0.4) is 0 Å². The van der Waals surface area contributed by atoms with Gasteiger partial charge in [-0.25, -0.2) is 26.3 Å². The van der Waals surface area contributed by atoms with E-state index in [1.54, 1.807) is 0 Å². The predicted octanol–water partition coefficient (Wildman–Crippen LogP) is 8.56. The molecule has 3 rings (SSSR count). The van der Waals surface area contributed by atoms with E-state index in [2.05, 4.69) is 9.47 Å². The summed E-state index contributed by atoms with van der Waals surface area (Å²) < 4.78 is 156. The molecule has 0 atom stereocenters. The zero-order chi connectivity index (χ0) is 27.0. The van der Waals surface area contributed by atoms with Gasteiger partial charge in [-0.05, 0) is 42.3 Å². The lowest BCUT2D eigenvalue weighted by molar-refractivity contribution is -0.276. The van der Waals surface area contributed by atoms with Crippen molar-refractivity contribution in [2.45, 2.75) is 19.4 Å². The molecule has 0 aliphatic carbocycles. The predicted molar refractivity (Wildman–Crippen MR) is 104 cm³/mol. The molecule has 0 bridgehead atoms. The van der Waals surface area contributed by atoms with Crippen molar-refractivity contribution in [2.24, 2.45) is 0 Å². The highest BCUT2D eigenvalue weighted by atomic mass is 19.4. The van der Waals surface area contributed by atoms with Gasteiger partial charge in [-0.3, -0.25) is 0 Å². The minimum absolute atomic E-state index is 0.0727. The first kappa shape index (κ1) is 26.8. The molecule has 0 heterocycles. The van der Waals surface area contributed by atoms with E-state index in [0.717, 1.165) is 31.2 Å². The second-order valence-electron chi connectivity index (χ2n) is 7.13. The molecule has 0 N–H and O–H groups in total. The van der Waals surface area contributed by atoms with E-state index in [1.165, 1.54) is 0 Å². The molecule has 192 valence electrons. The van der Waals surface area contributed by atoms with Gasteiger partial charge in [0.1, 0.15) is 5.83 Å².